The average molecular weight is 235 g/mol. The third-order valence-corrected chi connectivity index (χ3v) is 2.62. The molecule has 0 amide bonds. The Bertz CT molecular complexity index is 524. The number of nitrogens with two attached hydrogens (primary N) is 1. The van der Waals surface area contributed by atoms with Crippen LogP contribution in [0.4, 0.5) is 0 Å². The molecule has 2 aromatic rings. The van der Waals surface area contributed by atoms with Gasteiger partial charge in [0, 0.05) is 0 Å². The Morgan fingerprint density at radius 1 is 1.56 bits per heavy atom. The molecule has 2 aromatic heterocycles. The van der Waals surface area contributed by atoms with E-state index in [0.29, 0.717) is 15.8 Å². The van der Waals surface area contributed by atoms with Crippen LogP contribution in [-0.2, 0) is 0 Å². The van der Waals surface area contributed by atoms with Crippen molar-refractivity contribution in [2.24, 2.45) is 5.73 Å². The molecule has 82 valence electrons. The molecular formula is C9H9N5OS. The van der Waals surface area contributed by atoms with E-state index in [1.54, 1.807) is 12.3 Å². The summed E-state index contributed by atoms with van der Waals surface area (Å²) in [5, 5.41) is 16.0. The summed E-state index contributed by atoms with van der Waals surface area (Å²) in [6, 6.07) is 1.63. The van der Waals surface area contributed by atoms with Gasteiger partial charge in [0.2, 0.25) is 0 Å². The summed E-state index contributed by atoms with van der Waals surface area (Å²) < 4.78 is 5.18. The number of hydrogen-bond donors (Lipinski definition) is 2. The molecule has 0 atom stereocenters. The SMILES string of the molecule is Cc1coc(Sc2nnccc2C(=N)N)n1. The summed E-state index contributed by atoms with van der Waals surface area (Å²) in [7, 11) is 0. The molecule has 0 aliphatic carbocycles. The van der Waals surface area contributed by atoms with Gasteiger partial charge < -0.3 is 10.2 Å². The Morgan fingerprint density at radius 2 is 2.38 bits per heavy atom. The van der Waals surface area contributed by atoms with Crippen molar-refractivity contribution >= 4 is 17.6 Å². The zero-order valence-corrected chi connectivity index (χ0v) is 9.28. The lowest BCUT2D eigenvalue weighted by Crippen LogP contribution is -2.13. The Hall–Kier alpha value is -1.89. The zero-order chi connectivity index (χ0) is 11.5. The number of hydrogen-bond acceptors (Lipinski definition) is 6. The first-order valence-electron chi connectivity index (χ1n) is 4.43. The van der Waals surface area contributed by atoms with Crippen LogP contribution in [0.15, 0.2) is 33.2 Å². The molecule has 0 aromatic carbocycles. The quantitative estimate of drug-likeness (QED) is 0.612. The smallest absolute Gasteiger partial charge is 0.262 e. The molecule has 0 aliphatic heterocycles. The van der Waals surface area contributed by atoms with Gasteiger partial charge in [-0.15, -0.1) is 5.10 Å². The molecule has 0 spiro atoms. The molecule has 16 heavy (non-hydrogen) atoms. The van der Waals surface area contributed by atoms with Gasteiger partial charge in [0.05, 0.1) is 17.5 Å². The van der Waals surface area contributed by atoms with Crippen molar-refractivity contribution in [3.8, 4) is 0 Å². The van der Waals surface area contributed by atoms with Crippen molar-refractivity contribution in [2.45, 2.75) is 17.2 Å². The maximum Gasteiger partial charge on any atom is 0.262 e. The first-order chi connectivity index (χ1) is 7.66. The topological polar surface area (TPSA) is 102 Å². The summed E-state index contributed by atoms with van der Waals surface area (Å²) in [4.78, 5) is 4.12. The van der Waals surface area contributed by atoms with Crippen molar-refractivity contribution < 1.29 is 4.42 Å². The third-order valence-electron chi connectivity index (χ3n) is 1.76. The van der Waals surface area contributed by atoms with E-state index >= 15 is 0 Å². The second kappa shape index (κ2) is 4.31. The van der Waals surface area contributed by atoms with Crippen LogP contribution in [-0.4, -0.2) is 21.0 Å². The van der Waals surface area contributed by atoms with Crippen molar-refractivity contribution in [1.82, 2.24) is 15.2 Å². The third kappa shape index (κ3) is 2.19. The largest absolute Gasteiger partial charge is 0.439 e. The lowest BCUT2D eigenvalue weighted by molar-refractivity contribution is 0.453. The molecule has 0 saturated carbocycles. The molecule has 7 heteroatoms. The minimum atomic E-state index is -0.0549. The Morgan fingerprint density at radius 3 is 3.00 bits per heavy atom. The highest BCUT2D eigenvalue weighted by Crippen LogP contribution is 2.26. The van der Waals surface area contributed by atoms with Crippen LogP contribution in [0.5, 0.6) is 0 Å². The molecule has 0 bridgehead atoms. The van der Waals surface area contributed by atoms with Gasteiger partial charge in [0.25, 0.3) is 5.22 Å². The number of nitrogen functional groups attached to an aromatic ring is 1. The van der Waals surface area contributed by atoms with Crippen molar-refractivity contribution in [3.05, 3.63) is 29.8 Å². The van der Waals surface area contributed by atoms with Crippen LogP contribution in [0, 0.1) is 12.3 Å². The highest BCUT2D eigenvalue weighted by atomic mass is 32.2. The Kier molecular flexibility index (Phi) is 2.86. The van der Waals surface area contributed by atoms with Crippen molar-refractivity contribution in [1.29, 1.82) is 5.41 Å². The van der Waals surface area contributed by atoms with E-state index < -0.39 is 0 Å². The normalized spacial score (nSPS) is 10.3. The molecule has 0 saturated heterocycles. The molecule has 6 nitrogen and oxygen atoms in total. The van der Waals surface area contributed by atoms with Gasteiger partial charge in [-0.05, 0) is 24.8 Å². The second-order valence-corrected chi connectivity index (χ2v) is 3.96. The summed E-state index contributed by atoms with van der Waals surface area (Å²) in [5.41, 5.74) is 6.74. The van der Waals surface area contributed by atoms with Crippen LogP contribution in [0.25, 0.3) is 0 Å². The maximum absolute atomic E-state index is 7.39. The fourth-order valence-electron chi connectivity index (χ4n) is 1.06. The molecule has 2 heterocycles. The first kappa shape index (κ1) is 10.6. The molecular weight excluding hydrogens is 226 g/mol. The van der Waals surface area contributed by atoms with Gasteiger partial charge in [0.15, 0.2) is 0 Å². The van der Waals surface area contributed by atoms with E-state index in [0.717, 1.165) is 5.69 Å². The number of nitrogens with zero attached hydrogens (tertiary/aromatic N) is 3. The second-order valence-electron chi connectivity index (χ2n) is 3.02. The minimum Gasteiger partial charge on any atom is -0.439 e. The van der Waals surface area contributed by atoms with Crippen LogP contribution in [0.3, 0.4) is 0 Å². The van der Waals surface area contributed by atoms with Gasteiger partial charge >= 0.3 is 0 Å². The lowest BCUT2D eigenvalue weighted by atomic mass is 10.3. The summed E-state index contributed by atoms with van der Waals surface area (Å²) in [6.07, 6.45) is 3.04. The fourth-order valence-corrected chi connectivity index (χ4v) is 1.89. The van der Waals surface area contributed by atoms with Crippen LogP contribution in [0.2, 0.25) is 0 Å². The summed E-state index contributed by atoms with van der Waals surface area (Å²) in [6.45, 7) is 1.83. The van der Waals surface area contributed by atoms with Crippen LogP contribution >= 0.6 is 11.8 Å². The lowest BCUT2D eigenvalue weighted by Gasteiger charge is -2.01. The van der Waals surface area contributed by atoms with E-state index in [4.69, 9.17) is 15.6 Å². The van der Waals surface area contributed by atoms with Crippen molar-refractivity contribution in [2.75, 3.05) is 0 Å². The van der Waals surface area contributed by atoms with E-state index in [1.165, 1.54) is 18.0 Å². The zero-order valence-electron chi connectivity index (χ0n) is 8.47. The van der Waals surface area contributed by atoms with Gasteiger partial charge in [-0.25, -0.2) is 4.98 Å². The predicted molar refractivity (Wildman–Crippen MR) is 58.4 cm³/mol. The highest BCUT2D eigenvalue weighted by molar-refractivity contribution is 7.99. The van der Waals surface area contributed by atoms with Crippen LogP contribution in [0.1, 0.15) is 11.3 Å². The number of rotatable bonds is 3. The standard InChI is InChI=1S/C9H9N5OS/c1-5-4-15-9(13-5)16-8-6(7(10)11)2-3-12-14-8/h2-4H,1H3,(H3,10,11). The molecule has 0 unspecified atom stereocenters. The van der Waals surface area contributed by atoms with Gasteiger partial charge in [-0.3, -0.25) is 5.41 Å². The number of nitrogens with one attached hydrogen (secondary N) is 1. The van der Waals surface area contributed by atoms with E-state index in [-0.39, 0.29) is 5.84 Å². The van der Waals surface area contributed by atoms with Gasteiger partial charge in [-0.2, -0.15) is 5.10 Å². The first-order valence-corrected chi connectivity index (χ1v) is 5.24. The predicted octanol–water partition coefficient (Wildman–Crippen LogP) is 1.21. The molecule has 0 radical (unpaired) electrons. The number of aromatic nitrogens is 3. The average Bonchev–Trinajstić information content (AvgIpc) is 2.64. The van der Waals surface area contributed by atoms with E-state index in [9.17, 15) is 0 Å². The number of aryl methyl sites for hydroxylation is 1. The van der Waals surface area contributed by atoms with Crippen molar-refractivity contribution in [3.63, 3.8) is 0 Å². The summed E-state index contributed by atoms with van der Waals surface area (Å²) in [5.74, 6) is -0.0549. The number of amidine groups is 1. The van der Waals surface area contributed by atoms with Gasteiger partial charge in [-0.1, -0.05) is 0 Å². The molecule has 0 aliphatic rings. The maximum atomic E-state index is 7.39. The Labute approximate surface area is 95.8 Å². The van der Waals surface area contributed by atoms with E-state index in [2.05, 4.69) is 15.2 Å². The van der Waals surface area contributed by atoms with Gasteiger partial charge in [0.1, 0.15) is 17.1 Å². The van der Waals surface area contributed by atoms with E-state index in [1.807, 2.05) is 6.92 Å². The Balaban J connectivity index is 2.31. The monoisotopic (exact) mass is 235 g/mol. The fraction of sp³-hybridized carbons (Fsp3) is 0.111. The minimum absolute atomic E-state index is 0.0549. The molecule has 0 fully saturated rings. The molecule has 3 N–H and O–H groups in total. The highest BCUT2D eigenvalue weighted by Gasteiger charge is 2.11. The molecule has 2 rings (SSSR count). The van der Waals surface area contributed by atoms with Crippen LogP contribution < -0.4 is 5.73 Å². The number of oxazole rings is 1. The summed E-state index contributed by atoms with van der Waals surface area (Å²) >= 11 is 1.19.